The Bertz CT molecular complexity index is 456. The van der Waals surface area contributed by atoms with Crippen molar-refractivity contribution in [2.45, 2.75) is 20.5 Å². The van der Waals surface area contributed by atoms with Gasteiger partial charge in [-0.1, -0.05) is 30.3 Å². The Labute approximate surface area is 111 Å². The van der Waals surface area contributed by atoms with Gasteiger partial charge in [-0.3, -0.25) is 14.4 Å². The van der Waals surface area contributed by atoms with Crippen LogP contribution >= 0.6 is 0 Å². The van der Waals surface area contributed by atoms with Crippen molar-refractivity contribution in [3.05, 3.63) is 35.9 Å². The molecule has 0 aromatic heterocycles. The fraction of sp³-hybridized carbons (Fsp3) is 0.357. The van der Waals surface area contributed by atoms with Gasteiger partial charge in [-0.2, -0.15) is 0 Å². The molecule has 1 rings (SSSR count). The SMILES string of the molecule is CC(=O)NCC(C(C)=O)C(=O)OCc1ccccc1. The van der Waals surface area contributed by atoms with Crippen LogP contribution in [-0.4, -0.2) is 24.2 Å². The molecule has 0 radical (unpaired) electrons. The van der Waals surface area contributed by atoms with Gasteiger partial charge in [-0.05, 0) is 12.5 Å². The zero-order valence-corrected chi connectivity index (χ0v) is 11.0. The molecule has 1 N–H and O–H groups in total. The van der Waals surface area contributed by atoms with Gasteiger partial charge in [0.2, 0.25) is 5.91 Å². The van der Waals surface area contributed by atoms with Crippen LogP contribution in [0.1, 0.15) is 19.4 Å². The van der Waals surface area contributed by atoms with Crippen LogP contribution in [0, 0.1) is 5.92 Å². The highest BCUT2D eigenvalue weighted by Gasteiger charge is 2.25. The first-order valence-electron chi connectivity index (χ1n) is 5.96. The molecule has 0 fully saturated rings. The summed E-state index contributed by atoms with van der Waals surface area (Å²) in [7, 11) is 0. The normalized spacial score (nSPS) is 11.5. The van der Waals surface area contributed by atoms with E-state index in [0.29, 0.717) is 0 Å². The maximum atomic E-state index is 11.8. The van der Waals surface area contributed by atoms with Gasteiger partial charge in [-0.15, -0.1) is 0 Å². The van der Waals surface area contributed by atoms with Crippen molar-refractivity contribution in [3.8, 4) is 0 Å². The third kappa shape index (κ3) is 5.33. The van der Waals surface area contributed by atoms with Gasteiger partial charge in [0.25, 0.3) is 0 Å². The van der Waals surface area contributed by atoms with Crippen LogP contribution in [0.2, 0.25) is 0 Å². The van der Waals surface area contributed by atoms with E-state index in [1.54, 1.807) is 0 Å². The largest absolute Gasteiger partial charge is 0.460 e. The minimum Gasteiger partial charge on any atom is -0.460 e. The number of rotatable bonds is 6. The van der Waals surface area contributed by atoms with Crippen molar-refractivity contribution in [3.63, 3.8) is 0 Å². The molecular formula is C14H17NO4. The number of carbonyl (C=O) groups excluding carboxylic acids is 3. The maximum absolute atomic E-state index is 11.8. The maximum Gasteiger partial charge on any atom is 0.318 e. The number of Topliss-reactive ketones (excluding diaryl/α,β-unsaturated/α-hetero) is 1. The molecule has 19 heavy (non-hydrogen) atoms. The predicted octanol–water partition coefficient (Wildman–Crippen LogP) is 1.07. The number of ether oxygens (including phenoxy) is 1. The summed E-state index contributed by atoms with van der Waals surface area (Å²) in [5.74, 6) is -2.19. The summed E-state index contributed by atoms with van der Waals surface area (Å²) in [5, 5.41) is 2.45. The van der Waals surface area contributed by atoms with E-state index in [4.69, 9.17) is 4.74 Å². The number of esters is 1. The predicted molar refractivity (Wildman–Crippen MR) is 69.1 cm³/mol. The van der Waals surface area contributed by atoms with Crippen molar-refractivity contribution >= 4 is 17.7 Å². The second-order valence-corrected chi connectivity index (χ2v) is 4.19. The van der Waals surface area contributed by atoms with Crippen LogP contribution in [0.3, 0.4) is 0 Å². The van der Waals surface area contributed by atoms with Crippen LogP contribution in [-0.2, 0) is 25.7 Å². The number of ketones is 1. The van der Waals surface area contributed by atoms with Gasteiger partial charge < -0.3 is 10.1 Å². The van der Waals surface area contributed by atoms with Crippen molar-refractivity contribution < 1.29 is 19.1 Å². The molecule has 5 nitrogen and oxygen atoms in total. The fourth-order valence-corrected chi connectivity index (χ4v) is 1.47. The van der Waals surface area contributed by atoms with Crippen molar-refractivity contribution in [1.29, 1.82) is 0 Å². The molecule has 1 amide bonds. The van der Waals surface area contributed by atoms with Gasteiger partial charge in [-0.25, -0.2) is 0 Å². The number of benzene rings is 1. The molecule has 0 bridgehead atoms. The molecule has 1 aromatic rings. The first kappa shape index (κ1) is 14.9. The Kier molecular flexibility index (Phi) is 5.73. The second-order valence-electron chi connectivity index (χ2n) is 4.19. The van der Waals surface area contributed by atoms with Gasteiger partial charge in [0.1, 0.15) is 18.3 Å². The highest BCUT2D eigenvalue weighted by atomic mass is 16.5. The van der Waals surface area contributed by atoms with Gasteiger partial charge in [0.05, 0.1) is 0 Å². The highest BCUT2D eigenvalue weighted by molar-refractivity contribution is 5.98. The van der Waals surface area contributed by atoms with E-state index in [9.17, 15) is 14.4 Å². The van der Waals surface area contributed by atoms with Crippen LogP contribution in [0.5, 0.6) is 0 Å². The first-order valence-corrected chi connectivity index (χ1v) is 5.96. The van der Waals surface area contributed by atoms with Crippen LogP contribution in [0.4, 0.5) is 0 Å². The van der Waals surface area contributed by atoms with Gasteiger partial charge >= 0.3 is 5.97 Å². The molecule has 1 aromatic carbocycles. The third-order valence-corrected chi connectivity index (χ3v) is 2.55. The van der Waals surface area contributed by atoms with E-state index >= 15 is 0 Å². The molecule has 0 aliphatic carbocycles. The van der Waals surface area contributed by atoms with E-state index in [2.05, 4.69) is 5.32 Å². The van der Waals surface area contributed by atoms with E-state index in [-0.39, 0.29) is 24.8 Å². The topological polar surface area (TPSA) is 72.5 Å². The smallest absolute Gasteiger partial charge is 0.318 e. The average molecular weight is 263 g/mol. The number of hydrogen-bond donors (Lipinski definition) is 1. The molecule has 1 unspecified atom stereocenters. The van der Waals surface area contributed by atoms with E-state index in [1.807, 2.05) is 30.3 Å². The summed E-state index contributed by atoms with van der Waals surface area (Å²) in [5.41, 5.74) is 0.845. The van der Waals surface area contributed by atoms with Crippen molar-refractivity contribution in [2.75, 3.05) is 6.54 Å². The number of carbonyl (C=O) groups is 3. The lowest BCUT2D eigenvalue weighted by molar-refractivity contribution is -0.152. The number of nitrogens with one attached hydrogen (secondary N) is 1. The minimum absolute atomic E-state index is 0.0295. The molecule has 0 aliphatic heterocycles. The first-order chi connectivity index (χ1) is 9.00. The minimum atomic E-state index is -0.951. The summed E-state index contributed by atoms with van der Waals surface area (Å²) >= 11 is 0. The quantitative estimate of drug-likeness (QED) is 0.615. The Morgan fingerprint density at radius 1 is 1.16 bits per heavy atom. The molecule has 1 atom stereocenters. The molecule has 0 aliphatic rings. The molecule has 102 valence electrons. The van der Waals surface area contributed by atoms with E-state index in [0.717, 1.165) is 5.56 Å². The van der Waals surface area contributed by atoms with Crippen LogP contribution in [0.25, 0.3) is 0 Å². The lowest BCUT2D eigenvalue weighted by Crippen LogP contribution is -2.36. The van der Waals surface area contributed by atoms with E-state index in [1.165, 1.54) is 13.8 Å². The van der Waals surface area contributed by atoms with Gasteiger partial charge in [0.15, 0.2) is 0 Å². The number of amides is 1. The fourth-order valence-electron chi connectivity index (χ4n) is 1.47. The zero-order chi connectivity index (χ0) is 14.3. The summed E-state index contributed by atoms with van der Waals surface area (Å²) in [6, 6.07) is 9.18. The highest BCUT2D eigenvalue weighted by Crippen LogP contribution is 2.06. The van der Waals surface area contributed by atoms with E-state index < -0.39 is 11.9 Å². The van der Waals surface area contributed by atoms with Crippen LogP contribution in [0.15, 0.2) is 30.3 Å². The summed E-state index contributed by atoms with van der Waals surface area (Å²) in [6.45, 7) is 2.71. The summed E-state index contributed by atoms with van der Waals surface area (Å²) in [4.78, 5) is 33.9. The standard InChI is InChI=1S/C14H17NO4/c1-10(16)13(8-15-11(2)17)14(18)19-9-12-6-4-3-5-7-12/h3-7,13H,8-9H2,1-2H3,(H,15,17). The third-order valence-electron chi connectivity index (χ3n) is 2.55. The monoisotopic (exact) mass is 263 g/mol. The molecule has 0 heterocycles. The van der Waals surface area contributed by atoms with Gasteiger partial charge in [0, 0.05) is 13.5 Å². The lowest BCUT2D eigenvalue weighted by Gasteiger charge is -2.13. The Morgan fingerprint density at radius 2 is 1.79 bits per heavy atom. The molecule has 0 spiro atoms. The Balaban J connectivity index is 2.53. The van der Waals surface area contributed by atoms with Crippen molar-refractivity contribution in [1.82, 2.24) is 5.32 Å². The zero-order valence-electron chi connectivity index (χ0n) is 11.0. The van der Waals surface area contributed by atoms with Crippen molar-refractivity contribution in [2.24, 2.45) is 5.92 Å². The molecule has 5 heteroatoms. The second kappa shape index (κ2) is 7.31. The average Bonchev–Trinajstić information content (AvgIpc) is 2.37. The summed E-state index contributed by atoms with van der Waals surface area (Å²) in [6.07, 6.45) is 0. The molecule has 0 saturated carbocycles. The van der Waals surface area contributed by atoms with Crippen LogP contribution < -0.4 is 5.32 Å². The molecule has 0 saturated heterocycles. The number of hydrogen-bond acceptors (Lipinski definition) is 4. The lowest BCUT2D eigenvalue weighted by atomic mass is 10.1. The Hall–Kier alpha value is -2.17. The molecular weight excluding hydrogens is 246 g/mol. The Morgan fingerprint density at radius 3 is 2.32 bits per heavy atom. The summed E-state index contributed by atoms with van der Waals surface area (Å²) < 4.78 is 5.07.